The molecule has 0 fully saturated rings. The van der Waals surface area contributed by atoms with Crippen molar-refractivity contribution >= 4 is 11.6 Å². The Morgan fingerprint density at radius 3 is 2.52 bits per heavy atom. The van der Waals surface area contributed by atoms with E-state index >= 15 is 0 Å². The molecule has 0 aromatic heterocycles. The maximum Gasteiger partial charge on any atom is 0.225 e. The first kappa shape index (κ1) is 18.8. The molecular formula is C20H26N2O3. The summed E-state index contributed by atoms with van der Waals surface area (Å²) in [6, 6.07) is 11.7. The van der Waals surface area contributed by atoms with E-state index in [-0.39, 0.29) is 5.91 Å². The molecule has 0 aliphatic carbocycles. The second-order valence-corrected chi connectivity index (χ2v) is 5.91. The van der Waals surface area contributed by atoms with Gasteiger partial charge in [0, 0.05) is 25.2 Å². The van der Waals surface area contributed by atoms with Gasteiger partial charge in [0.1, 0.15) is 0 Å². The van der Waals surface area contributed by atoms with Crippen molar-refractivity contribution < 1.29 is 14.3 Å². The van der Waals surface area contributed by atoms with Crippen molar-refractivity contribution in [3.05, 3.63) is 53.1 Å². The molecule has 0 aliphatic heterocycles. The van der Waals surface area contributed by atoms with Gasteiger partial charge in [-0.15, -0.1) is 0 Å². The lowest BCUT2D eigenvalue weighted by Gasteiger charge is -2.11. The van der Waals surface area contributed by atoms with Crippen LogP contribution in [0.2, 0.25) is 0 Å². The van der Waals surface area contributed by atoms with Crippen LogP contribution in [0.5, 0.6) is 11.5 Å². The molecule has 0 saturated heterocycles. The highest BCUT2D eigenvalue weighted by atomic mass is 16.5. The Balaban J connectivity index is 1.79. The van der Waals surface area contributed by atoms with Crippen molar-refractivity contribution in [2.75, 3.05) is 26.1 Å². The number of hydrogen-bond donors (Lipinski definition) is 2. The smallest absolute Gasteiger partial charge is 0.225 e. The lowest BCUT2D eigenvalue weighted by Crippen LogP contribution is -2.21. The molecule has 0 bridgehead atoms. The molecule has 0 heterocycles. The van der Waals surface area contributed by atoms with Crippen molar-refractivity contribution in [3.63, 3.8) is 0 Å². The lowest BCUT2D eigenvalue weighted by molar-refractivity contribution is -0.116. The SMILES string of the molecule is COc1ccc(CNCCC(=O)Nc2cccc(C)c2C)cc1OC. The number of nitrogens with one attached hydrogen (secondary N) is 2. The number of carbonyl (C=O) groups is 1. The third-order valence-electron chi connectivity index (χ3n) is 4.18. The number of amides is 1. The van der Waals surface area contributed by atoms with E-state index in [1.807, 2.05) is 50.2 Å². The van der Waals surface area contributed by atoms with E-state index in [0.717, 1.165) is 16.8 Å². The molecule has 0 atom stereocenters. The summed E-state index contributed by atoms with van der Waals surface area (Å²) >= 11 is 0. The number of aryl methyl sites for hydroxylation is 1. The quantitative estimate of drug-likeness (QED) is 0.722. The van der Waals surface area contributed by atoms with E-state index in [2.05, 4.69) is 10.6 Å². The molecule has 0 unspecified atom stereocenters. The minimum atomic E-state index is 0.00788. The summed E-state index contributed by atoms with van der Waals surface area (Å²) in [4.78, 5) is 12.1. The highest BCUT2D eigenvalue weighted by Crippen LogP contribution is 2.27. The van der Waals surface area contributed by atoms with Gasteiger partial charge >= 0.3 is 0 Å². The second-order valence-electron chi connectivity index (χ2n) is 5.91. The molecule has 1 amide bonds. The first-order valence-corrected chi connectivity index (χ1v) is 8.33. The minimum absolute atomic E-state index is 0.00788. The summed E-state index contributed by atoms with van der Waals surface area (Å²) in [5.74, 6) is 1.42. The zero-order valence-corrected chi connectivity index (χ0v) is 15.3. The Morgan fingerprint density at radius 2 is 1.80 bits per heavy atom. The average Bonchev–Trinajstić information content (AvgIpc) is 2.62. The number of rotatable bonds is 8. The van der Waals surface area contributed by atoms with Crippen LogP contribution in [0, 0.1) is 13.8 Å². The van der Waals surface area contributed by atoms with E-state index in [4.69, 9.17) is 9.47 Å². The predicted octanol–water partition coefficient (Wildman–Crippen LogP) is 3.44. The van der Waals surface area contributed by atoms with Crippen LogP contribution < -0.4 is 20.1 Å². The summed E-state index contributed by atoms with van der Waals surface area (Å²) in [7, 11) is 3.23. The molecule has 25 heavy (non-hydrogen) atoms. The molecule has 2 N–H and O–H groups in total. The van der Waals surface area contributed by atoms with Crippen molar-refractivity contribution in [2.24, 2.45) is 0 Å². The Hall–Kier alpha value is -2.53. The van der Waals surface area contributed by atoms with E-state index in [9.17, 15) is 4.79 Å². The zero-order chi connectivity index (χ0) is 18.2. The molecule has 5 nitrogen and oxygen atoms in total. The normalized spacial score (nSPS) is 10.4. The predicted molar refractivity (Wildman–Crippen MR) is 100 cm³/mol. The molecule has 0 radical (unpaired) electrons. The average molecular weight is 342 g/mol. The summed E-state index contributed by atoms with van der Waals surface area (Å²) in [5, 5.41) is 6.24. The van der Waals surface area contributed by atoms with Crippen LogP contribution in [0.25, 0.3) is 0 Å². The molecule has 0 spiro atoms. The molecule has 0 aliphatic rings. The number of anilines is 1. The Morgan fingerprint density at radius 1 is 1.04 bits per heavy atom. The van der Waals surface area contributed by atoms with Gasteiger partial charge in [0.15, 0.2) is 11.5 Å². The van der Waals surface area contributed by atoms with Gasteiger partial charge in [-0.2, -0.15) is 0 Å². The van der Waals surface area contributed by atoms with Crippen LogP contribution in [0.1, 0.15) is 23.1 Å². The van der Waals surface area contributed by atoms with Crippen molar-refractivity contribution in [3.8, 4) is 11.5 Å². The largest absolute Gasteiger partial charge is 0.493 e. The number of benzene rings is 2. The van der Waals surface area contributed by atoms with Crippen LogP contribution in [0.3, 0.4) is 0 Å². The van der Waals surface area contributed by atoms with Gasteiger partial charge < -0.3 is 20.1 Å². The lowest BCUT2D eigenvalue weighted by atomic mass is 10.1. The van der Waals surface area contributed by atoms with Crippen LogP contribution in [0.4, 0.5) is 5.69 Å². The third kappa shape index (κ3) is 5.22. The first-order chi connectivity index (χ1) is 12.0. The van der Waals surface area contributed by atoms with Crippen molar-refractivity contribution in [2.45, 2.75) is 26.8 Å². The van der Waals surface area contributed by atoms with Gasteiger partial charge in [0.25, 0.3) is 0 Å². The number of ether oxygens (including phenoxy) is 2. The molecule has 5 heteroatoms. The molecule has 2 rings (SSSR count). The highest BCUT2D eigenvalue weighted by Gasteiger charge is 2.07. The topological polar surface area (TPSA) is 59.6 Å². The van der Waals surface area contributed by atoms with Crippen LogP contribution in [-0.4, -0.2) is 26.7 Å². The van der Waals surface area contributed by atoms with E-state index in [1.165, 1.54) is 5.56 Å². The van der Waals surface area contributed by atoms with Crippen LogP contribution >= 0.6 is 0 Å². The van der Waals surface area contributed by atoms with Crippen LogP contribution in [-0.2, 0) is 11.3 Å². The van der Waals surface area contributed by atoms with Gasteiger partial charge in [-0.05, 0) is 48.7 Å². The van der Waals surface area contributed by atoms with Crippen molar-refractivity contribution in [1.29, 1.82) is 0 Å². The fourth-order valence-corrected chi connectivity index (χ4v) is 2.52. The molecule has 2 aromatic rings. The monoisotopic (exact) mass is 342 g/mol. The summed E-state index contributed by atoms with van der Waals surface area (Å²) in [5.41, 5.74) is 4.23. The molecular weight excluding hydrogens is 316 g/mol. The van der Waals surface area contributed by atoms with E-state index < -0.39 is 0 Å². The highest BCUT2D eigenvalue weighted by molar-refractivity contribution is 5.91. The zero-order valence-electron chi connectivity index (χ0n) is 15.3. The summed E-state index contributed by atoms with van der Waals surface area (Å²) in [6.45, 7) is 5.32. The maximum atomic E-state index is 12.1. The second kappa shape index (κ2) is 9.08. The standard InChI is InChI=1S/C20H26N2O3/c1-14-6-5-7-17(15(14)2)22-20(23)10-11-21-13-16-8-9-18(24-3)19(12-16)25-4/h5-9,12,21H,10-11,13H2,1-4H3,(H,22,23). The molecule has 0 saturated carbocycles. The van der Waals surface area contributed by atoms with Gasteiger partial charge in [0.05, 0.1) is 14.2 Å². The van der Waals surface area contributed by atoms with Crippen LogP contribution in [0.15, 0.2) is 36.4 Å². The Kier molecular flexibility index (Phi) is 6.83. The van der Waals surface area contributed by atoms with E-state index in [1.54, 1.807) is 14.2 Å². The molecule has 2 aromatic carbocycles. The van der Waals surface area contributed by atoms with Gasteiger partial charge in [-0.25, -0.2) is 0 Å². The fraction of sp³-hybridized carbons (Fsp3) is 0.350. The van der Waals surface area contributed by atoms with E-state index in [0.29, 0.717) is 31.0 Å². The minimum Gasteiger partial charge on any atom is -0.493 e. The summed E-state index contributed by atoms with van der Waals surface area (Å²) in [6.07, 6.45) is 0.417. The van der Waals surface area contributed by atoms with Gasteiger partial charge in [-0.3, -0.25) is 4.79 Å². The summed E-state index contributed by atoms with van der Waals surface area (Å²) < 4.78 is 10.5. The first-order valence-electron chi connectivity index (χ1n) is 8.33. The number of carbonyl (C=O) groups excluding carboxylic acids is 1. The van der Waals surface area contributed by atoms with Crippen molar-refractivity contribution in [1.82, 2.24) is 5.32 Å². The Bertz CT molecular complexity index is 729. The number of hydrogen-bond acceptors (Lipinski definition) is 4. The Labute approximate surface area is 149 Å². The number of methoxy groups -OCH3 is 2. The van der Waals surface area contributed by atoms with Gasteiger partial charge in [-0.1, -0.05) is 18.2 Å². The molecule has 134 valence electrons. The third-order valence-corrected chi connectivity index (χ3v) is 4.18. The fourth-order valence-electron chi connectivity index (χ4n) is 2.52. The van der Waals surface area contributed by atoms with Gasteiger partial charge in [0.2, 0.25) is 5.91 Å². The maximum absolute atomic E-state index is 12.1.